The number of carbonyl (C=O) groups excluding carboxylic acids is 1. The highest BCUT2D eigenvalue weighted by Crippen LogP contribution is 2.19. The molecular weight excluding hydrogens is 247 g/mol. The third-order valence-corrected chi connectivity index (χ3v) is 3.68. The standard InChI is InChI=1S/C11H13FO2S2/c1-8(2)15-11(13)9-4-6-10(7-5-9)16(3,12)14/h4-8H,3H2,1-2H3. The predicted molar refractivity (Wildman–Crippen MR) is 68.1 cm³/mol. The highest BCUT2D eigenvalue weighted by atomic mass is 32.2. The quantitative estimate of drug-likeness (QED) is 0.619. The SMILES string of the molecule is C=S(=O)(F)c1ccc(C(=O)SC(C)C)cc1. The first kappa shape index (κ1) is 13.3. The van der Waals surface area contributed by atoms with E-state index < -0.39 is 9.91 Å². The maximum atomic E-state index is 13.0. The molecule has 1 rings (SSSR count). The Bertz CT molecular complexity index is 475. The zero-order valence-corrected chi connectivity index (χ0v) is 10.7. The van der Waals surface area contributed by atoms with E-state index in [0.717, 1.165) is 0 Å². The van der Waals surface area contributed by atoms with Crippen molar-refractivity contribution in [2.24, 2.45) is 0 Å². The van der Waals surface area contributed by atoms with E-state index in [0.29, 0.717) is 5.56 Å². The summed E-state index contributed by atoms with van der Waals surface area (Å²) in [5.74, 6) is 2.93. The number of benzene rings is 1. The van der Waals surface area contributed by atoms with Gasteiger partial charge in [-0.15, -0.1) is 3.89 Å². The normalized spacial score (nSPS) is 14.8. The van der Waals surface area contributed by atoms with Gasteiger partial charge in [0.05, 0.1) is 4.90 Å². The van der Waals surface area contributed by atoms with Crippen molar-refractivity contribution in [2.75, 3.05) is 0 Å². The first-order valence-electron chi connectivity index (χ1n) is 4.68. The molecule has 0 saturated carbocycles. The number of thioether (sulfide) groups is 1. The van der Waals surface area contributed by atoms with E-state index in [1.54, 1.807) is 0 Å². The second kappa shape index (κ2) is 5.01. The van der Waals surface area contributed by atoms with Crippen molar-refractivity contribution >= 4 is 32.7 Å². The van der Waals surface area contributed by atoms with Gasteiger partial charge >= 0.3 is 0 Å². The lowest BCUT2D eigenvalue weighted by Gasteiger charge is -2.04. The Hall–Kier alpha value is -0.810. The van der Waals surface area contributed by atoms with Gasteiger partial charge in [-0.1, -0.05) is 25.6 Å². The van der Waals surface area contributed by atoms with Crippen LogP contribution in [0.25, 0.3) is 0 Å². The van der Waals surface area contributed by atoms with Gasteiger partial charge in [0.2, 0.25) is 5.12 Å². The molecule has 0 fully saturated rings. The molecule has 0 bridgehead atoms. The Morgan fingerprint density at radius 1 is 1.38 bits per heavy atom. The van der Waals surface area contributed by atoms with Gasteiger partial charge in [0.1, 0.15) is 9.91 Å². The first-order chi connectivity index (χ1) is 7.30. The third-order valence-electron chi connectivity index (χ3n) is 1.78. The summed E-state index contributed by atoms with van der Waals surface area (Å²) in [6, 6.07) is 5.61. The zero-order chi connectivity index (χ0) is 12.3. The van der Waals surface area contributed by atoms with Gasteiger partial charge in [-0.05, 0) is 30.1 Å². The second-order valence-electron chi connectivity index (χ2n) is 3.57. The molecule has 0 saturated heterocycles. The van der Waals surface area contributed by atoms with Crippen LogP contribution in [0.4, 0.5) is 3.89 Å². The Labute approximate surface area is 99.5 Å². The number of hydrogen-bond donors (Lipinski definition) is 0. The van der Waals surface area contributed by atoms with Gasteiger partial charge in [-0.25, -0.2) is 4.21 Å². The van der Waals surface area contributed by atoms with Gasteiger partial charge in [0.25, 0.3) is 0 Å². The summed E-state index contributed by atoms with van der Waals surface area (Å²) in [5.41, 5.74) is 0.478. The topological polar surface area (TPSA) is 34.1 Å². The molecule has 0 aliphatic heterocycles. The van der Waals surface area contributed by atoms with Crippen LogP contribution in [-0.2, 0) is 9.91 Å². The summed E-state index contributed by atoms with van der Waals surface area (Å²) in [5, 5.41) is 0.126. The zero-order valence-electron chi connectivity index (χ0n) is 9.10. The van der Waals surface area contributed by atoms with Crippen LogP contribution in [0.15, 0.2) is 29.2 Å². The highest BCUT2D eigenvalue weighted by Gasteiger charge is 2.10. The summed E-state index contributed by atoms with van der Waals surface area (Å²) < 4.78 is 24.0. The Balaban J connectivity index is 2.92. The lowest BCUT2D eigenvalue weighted by molar-refractivity contribution is 0.108. The Morgan fingerprint density at radius 3 is 2.25 bits per heavy atom. The fourth-order valence-electron chi connectivity index (χ4n) is 1.08. The van der Waals surface area contributed by atoms with E-state index in [4.69, 9.17) is 0 Å². The average Bonchev–Trinajstić information content (AvgIpc) is 2.15. The minimum Gasteiger partial charge on any atom is -0.282 e. The largest absolute Gasteiger partial charge is 0.282 e. The highest BCUT2D eigenvalue weighted by molar-refractivity contribution is 8.14. The molecule has 0 heterocycles. The van der Waals surface area contributed by atoms with Crippen molar-refractivity contribution in [1.82, 2.24) is 0 Å². The number of rotatable bonds is 3. The monoisotopic (exact) mass is 260 g/mol. The van der Waals surface area contributed by atoms with Crippen LogP contribution in [0.1, 0.15) is 24.2 Å². The fourth-order valence-corrected chi connectivity index (χ4v) is 2.32. The molecule has 0 aromatic heterocycles. The maximum Gasteiger partial charge on any atom is 0.219 e. The van der Waals surface area contributed by atoms with Gasteiger partial charge in [-0.2, -0.15) is 0 Å². The molecule has 0 amide bonds. The van der Waals surface area contributed by atoms with E-state index in [2.05, 4.69) is 5.87 Å². The second-order valence-corrected chi connectivity index (χ2v) is 6.78. The summed E-state index contributed by atoms with van der Waals surface area (Å²) in [6.07, 6.45) is 0. The third kappa shape index (κ3) is 3.64. The minimum absolute atomic E-state index is 0.0126. The molecule has 1 unspecified atom stereocenters. The van der Waals surface area contributed by atoms with E-state index in [1.807, 2.05) is 13.8 Å². The molecule has 88 valence electrons. The Kier molecular flexibility index (Phi) is 4.15. The van der Waals surface area contributed by atoms with Crippen LogP contribution in [-0.4, -0.2) is 20.4 Å². The molecule has 2 nitrogen and oxygen atoms in total. The molecule has 0 aliphatic carbocycles. The molecule has 1 aromatic rings. The van der Waals surface area contributed by atoms with Gasteiger partial charge in [0, 0.05) is 10.8 Å². The predicted octanol–water partition coefficient (Wildman–Crippen LogP) is 2.93. The molecule has 0 spiro atoms. The number of hydrogen-bond acceptors (Lipinski definition) is 3. The lowest BCUT2D eigenvalue weighted by Crippen LogP contribution is -2.00. The summed E-state index contributed by atoms with van der Waals surface area (Å²) in [7, 11) is -3.69. The number of carbonyl (C=O) groups is 1. The van der Waals surface area contributed by atoms with Crippen LogP contribution in [0.5, 0.6) is 0 Å². The van der Waals surface area contributed by atoms with Gasteiger partial charge in [0.15, 0.2) is 0 Å². The van der Waals surface area contributed by atoms with Gasteiger partial charge in [-0.3, -0.25) is 4.79 Å². The maximum absolute atomic E-state index is 13.0. The molecule has 1 atom stereocenters. The number of halogens is 1. The molecular formula is C11H13FO2S2. The summed E-state index contributed by atoms with van der Waals surface area (Å²) >= 11 is 1.20. The van der Waals surface area contributed by atoms with Crippen LogP contribution in [0.2, 0.25) is 0 Å². The van der Waals surface area contributed by atoms with Crippen LogP contribution >= 0.6 is 11.8 Å². The molecule has 0 aliphatic rings. The molecule has 1 aromatic carbocycles. The minimum atomic E-state index is -3.69. The average molecular weight is 260 g/mol. The van der Waals surface area contributed by atoms with Crippen molar-refractivity contribution in [3.8, 4) is 0 Å². The lowest BCUT2D eigenvalue weighted by atomic mass is 10.2. The van der Waals surface area contributed by atoms with Crippen LogP contribution < -0.4 is 0 Å². The van der Waals surface area contributed by atoms with E-state index in [9.17, 15) is 12.9 Å². The van der Waals surface area contributed by atoms with Crippen molar-refractivity contribution in [2.45, 2.75) is 24.0 Å². The Morgan fingerprint density at radius 2 is 1.88 bits per heavy atom. The van der Waals surface area contributed by atoms with E-state index in [1.165, 1.54) is 36.0 Å². The molecule has 5 heteroatoms. The van der Waals surface area contributed by atoms with Crippen molar-refractivity contribution in [1.29, 1.82) is 0 Å². The molecule has 16 heavy (non-hydrogen) atoms. The fraction of sp³-hybridized carbons (Fsp3) is 0.273. The summed E-state index contributed by atoms with van der Waals surface area (Å²) in [4.78, 5) is 11.6. The first-order valence-corrected chi connectivity index (χ1v) is 7.19. The van der Waals surface area contributed by atoms with Crippen molar-refractivity contribution in [3.63, 3.8) is 0 Å². The van der Waals surface area contributed by atoms with Crippen LogP contribution in [0.3, 0.4) is 0 Å². The summed E-state index contributed by atoms with van der Waals surface area (Å²) in [6.45, 7) is 3.84. The van der Waals surface area contributed by atoms with Crippen LogP contribution in [0, 0.1) is 0 Å². The van der Waals surface area contributed by atoms with E-state index in [-0.39, 0.29) is 15.3 Å². The van der Waals surface area contributed by atoms with Crippen molar-refractivity contribution < 1.29 is 12.9 Å². The van der Waals surface area contributed by atoms with E-state index >= 15 is 0 Å². The van der Waals surface area contributed by atoms with Gasteiger partial charge < -0.3 is 0 Å². The molecule has 0 N–H and O–H groups in total. The smallest absolute Gasteiger partial charge is 0.219 e. The molecule has 0 radical (unpaired) electrons. The van der Waals surface area contributed by atoms with Crippen molar-refractivity contribution in [3.05, 3.63) is 29.8 Å².